The third-order valence-electron chi connectivity index (χ3n) is 2.54. The van der Waals surface area contributed by atoms with Crippen LogP contribution in [0, 0.1) is 6.92 Å². The number of aliphatic hydroxyl groups excluding tert-OH is 1. The van der Waals surface area contributed by atoms with Gasteiger partial charge in [-0.2, -0.15) is 0 Å². The fourth-order valence-electron chi connectivity index (χ4n) is 1.60. The van der Waals surface area contributed by atoms with Crippen molar-refractivity contribution in [2.24, 2.45) is 0 Å². The largest absolute Gasteiger partial charge is 0.456 e. The molecule has 0 unspecified atom stereocenters. The van der Waals surface area contributed by atoms with Gasteiger partial charge in [-0.25, -0.2) is 0 Å². The minimum Gasteiger partial charge on any atom is -0.456 e. The highest BCUT2D eigenvalue weighted by Gasteiger charge is 2.06. The Bertz CT molecular complexity index is 568. The van der Waals surface area contributed by atoms with Gasteiger partial charge in [0.1, 0.15) is 11.5 Å². The Morgan fingerprint density at radius 1 is 1.06 bits per heavy atom. The molecule has 0 amide bonds. The monoisotopic (exact) mass is 282 g/mol. The highest BCUT2D eigenvalue weighted by molar-refractivity contribution is 6.35. The fourth-order valence-corrected chi connectivity index (χ4v) is 2.05. The predicted octanol–water partition coefficient (Wildman–Crippen LogP) is 4.59. The molecule has 0 radical (unpaired) electrons. The van der Waals surface area contributed by atoms with Crippen molar-refractivity contribution >= 4 is 23.2 Å². The summed E-state index contributed by atoms with van der Waals surface area (Å²) in [6, 6.07) is 10.6. The Kier molecular flexibility index (Phi) is 4.12. The van der Waals surface area contributed by atoms with Crippen molar-refractivity contribution in [3.8, 4) is 11.5 Å². The molecule has 18 heavy (non-hydrogen) atoms. The molecule has 0 aliphatic rings. The summed E-state index contributed by atoms with van der Waals surface area (Å²) >= 11 is 11.9. The molecule has 0 atom stereocenters. The Morgan fingerprint density at radius 3 is 2.39 bits per heavy atom. The Labute approximate surface area is 116 Å². The van der Waals surface area contributed by atoms with E-state index in [-0.39, 0.29) is 6.61 Å². The number of ether oxygens (including phenoxy) is 1. The Balaban J connectivity index is 2.28. The molecule has 0 spiro atoms. The van der Waals surface area contributed by atoms with Gasteiger partial charge >= 0.3 is 0 Å². The highest BCUT2D eigenvalue weighted by atomic mass is 35.5. The lowest BCUT2D eigenvalue weighted by Gasteiger charge is -2.11. The zero-order valence-corrected chi connectivity index (χ0v) is 11.3. The number of hydrogen-bond donors (Lipinski definition) is 1. The highest BCUT2D eigenvalue weighted by Crippen LogP contribution is 2.33. The summed E-state index contributed by atoms with van der Waals surface area (Å²) in [5.74, 6) is 1.26. The van der Waals surface area contributed by atoms with E-state index in [0.717, 1.165) is 11.1 Å². The van der Waals surface area contributed by atoms with Crippen LogP contribution in [0.3, 0.4) is 0 Å². The van der Waals surface area contributed by atoms with Crippen molar-refractivity contribution in [3.63, 3.8) is 0 Å². The molecule has 2 aromatic rings. The average molecular weight is 283 g/mol. The number of aryl methyl sites for hydroxylation is 1. The summed E-state index contributed by atoms with van der Waals surface area (Å²) in [7, 11) is 0. The van der Waals surface area contributed by atoms with Crippen LogP contribution in [-0.2, 0) is 6.61 Å². The van der Waals surface area contributed by atoms with Crippen molar-refractivity contribution in [2.75, 3.05) is 0 Å². The van der Waals surface area contributed by atoms with Crippen LogP contribution in [0.25, 0.3) is 0 Å². The minimum atomic E-state index is 0.0167. The summed E-state index contributed by atoms with van der Waals surface area (Å²) in [5, 5.41) is 10.1. The number of aliphatic hydroxyl groups is 1. The molecule has 94 valence electrons. The predicted molar refractivity (Wildman–Crippen MR) is 73.6 cm³/mol. The number of rotatable bonds is 3. The lowest BCUT2D eigenvalue weighted by atomic mass is 10.1. The van der Waals surface area contributed by atoms with Crippen LogP contribution >= 0.6 is 23.2 Å². The quantitative estimate of drug-likeness (QED) is 0.893. The first-order chi connectivity index (χ1) is 8.60. The van der Waals surface area contributed by atoms with E-state index in [2.05, 4.69) is 0 Å². The summed E-state index contributed by atoms with van der Waals surface area (Å²) < 4.78 is 5.72. The zero-order chi connectivity index (χ0) is 13.1. The van der Waals surface area contributed by atoms with E-state index in [1.807, 2.05) is 25.1 Å². The smallest absolute Gasteiger partial charge is 0.146 e. The van der Waals surface area contributed by atoms with E-state index < -0.39 is 0 Å². The fraction of sp³-hybridized carbons (Fsp3) is 0.143. The number of benzene rings is 2. The maximum Gasteiger partial charge on any atom is 0.146 e. The molecule has 0 aliphatic heterocycles. The Morgan fingerprint density at radius 2 is 1.78 bits per heavy atom. The molecular weight excluding hydrogens is 271 g/mol. The van der Waals surface area contributed by atoms with Crippen molar-refractivity contribution in [2.45, 2.75) is 13.5 Å². The van der Waals surface area contributed by atoms with Crippen LogP contribution < -0.4 is 4.74 Å². The van der Waals surface area contributed by atoms with Crippen LogP contribution in [-0.4, -0.2) is 5.11 Å². The second kappa shape index (κ2) is 5.61. The van der Waals surface area contributed by atoms with Gasteiger partial charge in [-0.05, 0) is 42.3 Å². The minimum absolute atomic E-state index is 0.0167. The van der Waals surface area contributed by atoms with E-state index in [1.165, 1.54) is 0 Å². The SMILES string of the molecule is Cc1cc(CO)ccc1Oc1ccc(Cl)cc1Cl. The topological polar surface area (TPSA) is 29.5 Å². The molecule has 0 bridgehead atoms. The molecule has 1 N–H and O–H groups in total. The molecule has 0 heterocycles. The van der Waals surface area contributed by atoms with Gasteiger partial charge in [0.15, 0.2) is 0 Å². The van der Waals surface area contributed by atoms with Crippen LogP contribution in [0.4, 0.5) is 0 Å². The maximum atomic E-state index is 9.04. The lowest BCUT2D eigenvalue weighted by Crippen LogP contribution is -1.91. The molecule has 2 rings (SSSR count). The molecule has 4 heteroatoms. The third kappa shape index (κ3) is 2.96. The molecule has 0 fully saturated rings. The third-order valence-corrected chi connectivity index (χ3v) is 3.07. The summed E-state index contributed by atoms with van der Waals surface area (Å²) in [4.78, 5) is 0. The summed E-state index contributed by atoms with van der Waals surface area (Å²) in [5.41, 5.74) is 1.79. The van der Waals surface area contributed by atoms with Crippen LogP contribution in [0.5, 0.6) is 11.5 Å². The van der Waals surface area contributed by atoms with Gasteiger partial charge in [-0.15, -0.1) is 0 Å². The van der Waals surface area contributed by atoms with E-state index in [0.29, 0.717) is 21.5 Å². The van der Waals surface area contributed by atoms with E-state index in [1.54, 1.807) is 18.2 Å². The van der Waals surface area contributed by atoms with Gasteiger partial charge in [0.05, 0.1) is 11.6 Å². The van der Waals surface area contributed by atoms with Crippen molar-refractivity contribution in [1.82, 2.24) is 0 Å². The van der Waals surface area contributed by atoms with Crippen LogP contribution in [0.2, 0.25) is 10.0 Å². The molecule has 2 nitrogen and oxygen atoms in total. The van der Waals surface area contributed by atoms with Crippen LogP contribution in [0.15, 0.2) is 36.4 Å². The Hall–Kier alpha value is -1.22. The standard InChI is InChI=1S/C14H12Cl2O2/c1-9-6-10(8-17)2-4-13(9)18-14-5-3-11(15)7-12(14)16/h2-7,17H,8H2,1H3. The summed E-state index contributed by atoms with van der Waals surface area (Å²) in [6.45, 7) is 1.93. The van der Waals surface area contributed by atoms with Gasteiger partial charge in [-0.1, -0.05) is 35.3 Å². The van der Waals surface area contributed by atoms with Crippen molar-refractivity contribution < 1.29 is 9.84 Å². The average Bonchev–Trinajstić information content (AvgIpc) is 2.34. The van der Waals surface area contributed by atoms with Gasteiger partial charge in [-0.3, -0.25) is 0 Å². The first-order valence-electron chi connectivity index (χ1n) is 5.43. The van der Waals surface area contributed by atoms with E-state index in [4.69, 9.17) is 33.0 Å². The molecule has 0 saturated carbocycles. The molecular formula is C14H12Cl2O2. The van der Waals surface area contributed by atoms with Gasteiger partial charge < -0.3 is 9.84 Å². The van der Waals surface area contributed by atoms with E-state index >= 15 is 0 Å². The summed E-state index contributed by atoms with van der Waals surface area (Å²) in [6.07, 6.45) is 0. The zero-order valence-electron chi connectivity index (χ0n) is 9.78. The number of halogens is 2. The second-order valence-electron chi connectivity index (χ2n) is 3.93. The maximum absolute atomic E-state index is 9.04. The van der Waals surface area contributed by atoms with Gasteiger partial charge in [0.25, 0.3) is 0 Å². The van der Waals surface area contributed by atoms with Crippen molar-refractivity contribution in [1.29, 1.82) is 0 Å². The second-order valence-corrected chi connectivity index (χ2v) is 4.78. The van der Waals surface area contributed by atoms with Gasteiger partial charge in [0.2, 0.25) is 0 Å². The number of hydrogen-bond acceptors (Lipinski definition) is 2. The molecule has 0 aliphatic carbocycles. The lowest BCUT2D eigenvalue weighted by molar-refractivity contribution is 0.281. The molecule has 2 aromatic carbocycles. The first-order valence-corrected chi connectivity index (χ1v) is 6.19. The van der Waals surface area contributed by atoms with Crippen molar-refractivity contribution in [3.05, 3.63) is 57.6 Å². The van der Waals surface area contributed by atoms with Crippen LogP contribution in [0.1, 0.15) is 11.1 Å². The van der Waals surface area contributed by atoms with E-state index in [9.17, 15) is 0 Å². The molecule has 0 saturated heterocycles. The first kappa shape index (κ1) is 13.2. The van der Waals surface area contributed by atoms with Gasteiger partial charge in [0, 0.05) is 5.02 Å². The molecule has 0 aromatic heterocycles. The normalized spacial score (nSPS) is 10.4.